The van der Waals surface area contributed by atoms with Crippen molar-refractivity contribution in [1.29, 1.82) is 0 Å². The van der Waals surface area contributed by atoms with E-state index in [1.165, 1.54) is 22.9 Å². The molecule has 10 heteroatoms. The summed E-state index contributed by atoms with van der Waals surface area (Å²) in [5.41, 5.74) is 4.35. The van der Waals surface area contributed by atoms with Crippen LogP contribution in [0.25, 0.3) is 20.9 Å². The third kappa shape index (κ3) is 3.89. The van der Waals surface area contributed by atoms with Gasteiger partial charge in [0.25, 0.3) is 17.4 Å². The number of hydrogen-bond acceptors (Lipinski definition) is 5. The van der Waals surface area contributed by atoms with Crippen LogP contribution in [0.5, 0.6) is 0 Å². The topological polar surface area (TPSA) is 93.1 Å². The lowest BCUT2D eigenvalue weighted by atomic mass is 10.1. The number of aryl methyl sites for hydroxylation is 1. The Bertz CT molecular complexity index is 1400. The molecule has 2 N–H and O–H groups in total. The van der Waals surface area contributed by atoms with Crippen molar-refractivity contribution in [2.75, 3.05) is 0 Å². The molecule has 4 aromatic rings. The number of hydrogen-bond donors (Lipinski definition) is 2. The number of thiophene rings is 1. The van der Waals surface area contributed by atoms with Crippen LogP contribution in [0.2, 0.25) is 5.02 Å². The molecule has 2 aromatic heterocycles. The first-order chi connectivity index (χ1) is 14.9. The first kappa shape index (κ1) is 21.0. The molecule has 7 nitrogen and oxygen atoms in total. The summed E-state index contributed by atoms with van der Waals surface area (Å²) >= 11 is 7.26. The van der Waals surface area contributed by atoms with Crippen molar-refractivity contribution in [3.05, 3.63) is 74.2 Å². The second-order valence-corrected chi connectivity index (χ2v) is 8.15. The minimum absolute atomic E-state index is 0.00783. The number of fused-ring (bicyclic) bond motifs is 2. The lowest BCUT2D eigenvalue weighted by Gasteiger charge is -2.11. The number of nitrogens with zero attached hydrogens (tertiary/aromatic N) is 2. The molecule has 0 spiro atoms. The summed E-state index contributed by atoms with van der Waals surface area (Å²) in [4.78, 5) is 38.0. The van der Waals surface area contributed by atoms with E-state index in [9.17, 15) is 18.8 Å². The van der Waals surface area contributed by atoms with Crippen LogP contribution in [0.4, 0.5) is 4.39 Å². The highest BCUT2D eigenvalue weighted by Crippen LogP contribution is 2.35. The summed E-state index contributed by atoms with van der Waals surface area (Å²) in [5, 5.41) is 5.63. The van der Waals surface area contributed by atoms with Crippen LogP contribution in [0.15, 0.2) is 47.3 Å². The van der Waals surface area contributed by atoms with Crippen LogP contribution >= 0.6 is 22.9 Å². The third-order valence-electron chi connectivity index (χ3n) is 4.61. The van der Waals surface area contributed by atoms with Gasteiger partial charge in [-0.15, -0.1) is 11.3 Å². The van der Waals surface area contributed by atoms with Crippen LogP contribution in [-0.4, -0.2) is 21.6 Å². The average Bonchev–Trinajstić information content (AvgIpc) is 3.09. The Morgan fingerprint density at radius 1 is 1.10 bits per heavy atom. The zero-order chi connectivity index (χ0) is 22.1. The van der Waals surface area contributed by atoms with Crippen LogP contribution in [0.3, 0.4) is 0 Å². The second-order valence-electron chi connectivity index (χ2n) is 6.72. The maximum Gasteiger partial charge on any atom is 0.290 e. The number of halogens is 2. The van der Waals surface area contributed by atoms with E-state index in [-0.39, 0.29) is 21.2 Å². The molecule has 4 rings (SSSR count). The van der Waals surface area contributed by atoms with E-state index in [1.807, 2.05) is 6.92 Å². The lowest BCUT2D eigenvalue weighted by molar-refractivity contribution is 0.0846. The molecular formula is C21H16ClFN4O3S. The fourth-order valence-electron chi connectivity index (χ4n) is 3.18. The van der Waals surface area contributed by atoms with Gasteiger partial charge in [0.2, 0.25) is 0 Å². The molecule has 0 bridgehead atoms. The number of aromatic nitrogens is 2. The summed E-state index contributed by atoms with van der Waals surface area (Å²) in [7, 11) is 0. The number of carbonyl (C=O) groups is 2. The van der Waals surface area contributed by atoms with Crippen molar-refractivity contribution in [2.45, 2.75) is 19.9 Å². The number of benzene rings is 2. The predicted molar refractivity (Wildman–Crippen MR) is 118 cm³/mol. The minimum atomic E-state index is -0.683. The van der Waals surface area contributed by atoms with Gasteiger partial charge in [-0.1, -0.05) is 36.7 Å². The highest BCUT2D eigenvalue weighted by Gasteiger charge is 2.20. The fraction of sp³-hybridized carbons (Fsp3) is 0.143. The zero-order valence-electron chi connectivity index (χ0n) is 16.2. The van der Waals surface area contributed by atoms with Crippen LogP contribution < -0.4 is 16.4 Å². The van der Waals surface area contributed by atoms with Crippen molar-refractivity contribution in [3.8, 4) is 0 Å². The smallest absolute Gasteiger partial charge is 0.267 e. The van der Waals surface area contributed by atoms with E-state index in [2.05, 4.69) is 16.0 Å². The zero-order valence-corrected chi connectivity index (χ0v) is 17.8. The third-order valence-corrected chi connectivity index (χ3v) is 6.26. The van der Waals surface area contributed by atoms with Gasteiger partial charge in [0.1, 0.15) is 10.7 Å². The van der Waals surface area contributed by atoms with E-state index in [0.29, 0.717) is 33.8 Å². The van der Waals surface area contributed by atoms with Gasteiger partial charge in [-0.05, 0) is 30.7 Å². The predicted octanol–water partition coefficient (Wildman–Crippen LogP) is 3.89. The molecule has 0 fully saturated rings. The molecule has 0 unspecified atom stereocenters. The van der Waals surface area contributed by atoms with E-state index < -0.39 is 17.6 Å². The fourth-order valence-corrected chi connectivity index (χ4v) is 4.62. The largest absolute Gasteiger partial charge is 0.290 e. The Kier molecular flexibility index (Phi) is 5.71. The second kappa shape index (κ2) is 8.44. The molecule has 0 saturated heterocycles. The summed E-state index contributed by atoms with van der Waals surface area (Å²) in [6.45, 7) is 2.24. The number of nitrogens with one attached hydrogen (secondary N) is 2. The van der Waals surface area contributed by atoms with E-state index in [1.54, 1.807) is 24.3 Å². The van der Waals surface area contributed by atoms with Gasteiger partial charge in [-0.25, -0.2) is 9.07 Å². The van der Waals surface area contributed by atoms with Crippen molar-refractivity contribution < 1.29 is 14.0 Å². The SMILES string of the molecule is CCCn1nc(C(=O)NNC(=O)c2sc3cc(F)ccc3c2Cl)c2ccccc2c1=O. The van der Waals surface area contributed by atoms with E-state index in [0.717, 1.165) is 11.3 Å². The Balaban J connectivity index is 1.61. The van der Waals surface area contributed by atoms with Crippen molar-refractivity contribution in [3.63, 3.8) is 0 Å². The van der Waals surface area contributed by atoms with Crippen LogP contribution in [-0.2, 0) is 6.54 Å². The maximum absolute atomic E-state index is 13.4. The Morgan fingerprint density at radius 3 is 2.55 bits per heavy atom. The first-order valence-electron chi connectivity index (χ1n) is 9.38. The molecule has 2 aromatic carbocycles. The molecular weight excluding hydrogens is 443 g/mol. The quantitative estimate of drug-likeness (QED) is 0.454. The van der Waals surface area contributed by atoms with Gasteiger partial charge in [0, 0.05) is 22.0 Å². The molecule has 0 aliphatic carbocycles. The first-order valence-corrected chi connectivity index (χ1v) is 10.6. The van der Waals surface area contributed by atoms with Crippen LogP contribution in [0.1, 0.15) is 33.5 Å². The van der Waals surface area contributed by atoms with Crippen molar-refractivity contribution in [1.82, 2.24) is 20.6 Å². The monoisotopic (exact) mass is 458 g/mol. The number of rotatable bonds is 4. The molecule has 0 aliphatic rings. The summed E-state index contributed by atoms with van der Waals surface area (Å²) in [5.74, 6) is -1.77. The van der Waals surface area contributed by atoms with Crippen molar-refractivity contribution in [2.24, 2.45) is 0 Å². The summed E-state index contributed by atoms with van der Waals surface area (Å²) in [6, 6.07) is 10.7. The van der Waals surface area contributed by atoms with Gasteiger partial charge in [-0.2, -0.15) is 5.10 Å². The number of carbonyl (C=O) groups excluding carboxylic acids is 2. The standard InChI is InChI=1S/C21H16ClFN4O3S/c1-2-9-27-21(30)13-6-4-3-5-12(13)17(26-27)19(28)24-25-20(29)18-16(22)14-8-7-11(23)10-15(14)31-18/h3-8,10H,2,9H2,1H3,(H,24,28)(H,25,29). The normalized spacial score (nSPS) is 11.1. The highest BCUT2D eigenvalue weighted by atomic mass is 35.5. The molecule has 31 heavy (non-hydrogen) atoms. The Morgan fingerprint density at radius 2 is 1.81 bits per heavy atom. The van der Waals surface area contributed by atoms with Gasteiger partial charge >= 0.3 is 0 Å². The minimum Gasteiger partial charge on any atom is -0.267 e. The Hall–Kier alpha value is -3.30. The molecule has 0 atom stereocenters. The molecule has 2 heterocycles. The molecule has 0 aliphatic heterocycles. The van der Waals surface area contributed by atoms with Crippen molar-refractivity contribution >= 4 is 55.6 Å². The van der Waals surface area contributed by atoms with Gasteiger partial charge in [0.05, 0.1) is 10.4 Å². The lowest BCUT2D eigenvalue weighted by Crippen LogP contribution is -2.42. The number of hydrazine groups is 1. The Labute approximate surface area is 184 Å². The molecule has 0 radical (unpaired) electrons. The van der Waals surface area contributed by atoms with E-state index in [4.69, 9.17) is 11.6 Å². The summed E-state index contributed by atoms with van der Waals surface area (Å²) < 4.78 is 15.2. The van der Waals surface area contributed by atoms with Gasteiger partial charge < -0.3 is 0 Å². The number of amides is 2. The molecule has 0 saturated carbocycles. The highest BCUT2D eigenvalue weighted by molar-refractivity contribution is 7.21. The average molecular weight is 459 g/mol. The van der Waals surface area contributed by atoms with Crippen LogP contribution in [0, 0.1) is 5.82 Å². The summed E-state index contributed by atoms with van der Waals surface area (Å²) in [6.07, 6.45) is 0.661. The molecule has 158 valence electrons. The van der Waals surface area contributed by atoms with E-state index >= 15 is 0 Å². The maximum atomic E-state index is 13.4. The molecule has 2 amide bonds. The van der Waals surface area contributed by atoms with Gasteiger partial charge in [0.15, 0.2) is 5.69 Å². The van der Waals surface area contributed by atoms with Gasteiger partial charge in [-0.3, -0.25) is 25.2 Å².